The van der Waals surface area contributed by atoms with E-state index < -0.39 is 107 Å². The SMILES string of the molecule is CC(=O)N[C@@H](CCCN=C(N)N)C(=O)N[C@H]1CCCC(=O)NCC[C@@H](C(N)=O)NC(=O)[C@H](Cc2c[nH]c3ccccc23)CC(=O)[C@H](CCCN=C(N)N)CC(=O)[C@@H](Cc2ccccc2)NC(=O)[C@@H]2C[C@@H](O)CN2C1=O. The summed E-state index contributed by atoms with van der Waals surface area (Å²) in [6.45, 7) is 1.01. The first-order valence-electron chi connectivity index (χ1n) is 25.3. The van der Waals surface area contributed by atoms with Crippen LogP contribution in [0.2, 0.25) is 0 Å². The summed E-state index contributed by atoms with van der Waals surface area (Å²) in [5, 5.41) is 25.3. The number of aliphatic hydroxyl groups is 1. The molecule has 0 radical (unpaired) electrons. The number of rotatable bonds is 16. The number of ketones is 2. The summed E-state index contributed by atoms with van der Waals surface area (Å²) in [6.07, 6.45) is -0.218. The highest BCUT2D eigenvalue weighted by molar-refractivity contribution is 5.98. The molecule has 0 bridgehead atoms. The van der Waals surface area contributed by atoms with Gasteiger partial charge in [-0.2, -0.15) is 0 Å². The van der Waals surface area contributed by atoms with E-state index in [1.165, 1.54) is 6.92 Å². The molecule has 75 heavy (non-hydrogen) atoms. The van der Waals surface area contributed by atoms with Crippen LogP contribution in [0.25, 0.3) is 10.9 Å². The largest absolute Gasteiger partial charge is 0.391 e. The maximum absolute atomic E-state index is 14.8. The Bertz CT molecular complexity index is 2560. The molecule has 0 spiro atoms. The Labute approximate surface area is 434 Å². The standard InChI is InChI=1S/C51H72N14O10/c1-29(66)61-38(16-9-20-59-51(55)56)47(73)63-39-15-7-17-44(70)57-21-18-37(45(52)71)62-46(72)32(23-33-27-60-36-14-6-5-13-35(33)36)25-42(68)31(12-8-19-58-50(53)54)24-43(69)40(22-30-10-3-2-4-11-30)64-48(74)41-26-34(67)28-65(41)49(39)75/h2-6,10-11,13-14,27,31-32,34,37-41,60,67H,7-9,12,15-26,28H2,1H3,(H2,52,71)(H,57,70)(H,61,66)(H,62,72)(H,63,73)(H,64,74)(H4,53,54,58)(H4,55,56,59)/t31-,32-,34-,37+,38+,39+,40-,41+/m1/s1. The summed E-state index contributed by atoms with van der Waals surface area (Å²) in [4.78, 5) is 138. The molecule has 0 saturated carbocycles. The van der Waals surface area contributed by atoms with Gasteiger partial charge in [0.05, 0.1) is 12.1 Å². The minimum absolute atomic E-state index is 0.00533. The molecule has 24 heteroatoms. The van der Waals surface area contributed by atoms with Crippen molar-refractivity contribution in [2.24, 2.45) is 50.5 Å². The van der Waals surface area contributed by atoms with Gasteiger partial charge in [0.15, 0.2) is 17.7 Å². The zero-order chi connectivity index (χ0) is 54.6. The molecule has 3 heterocycles. The highest BCUT2D eigenvalue weighted by Crippen LogP contribution is 2.27. The Morgan fingerprint density at radius 3 is 2.19 bits per heavy atom. The Morgan fingerprint density at radius 1 is 0.813 bits per heavy atom. The number of para-hydroxylation sites is 1. The van der Waals surface area contributed by atoms with Gasteiger partial charge >= 0.3 is 0 Å². The van der Waals surface area contributed by atoms with Crippen LogP contribution in [0.3, 0.4) is 0 Å². The minimum Gasteiger partial charge on any atom is -0.391 e. The second kappa shape index (κ2) is 28.5. The number of Topliss-reactive ketones (excluding diaryl/α,β-unsaturated/α-hetero) is 2. The molecule has 0 aliphatic carbocycles. The van der Waals surface area contributed by atoms with Gasteiger partial charge in [-0.25, -0.2) is 0 Å². The quantitative estimate of drug-likeness (QED) is 0.0433. The van der Waals surface area contributed by atoms with Crippen LogP contribution in [0.4, 0.5) is 0 Å². The first-order valence-corrected chi connectivity index (χ1v) is 25.3. The molecule has 0 unspecified atom stereocenters. The van der Waals surface area contributed by atoms with Crippen molar-refractivity contribution < 1.29 is 48.3 Å². The predicted octanol–water partition coefficient (Wildman–Crippen LogP) is -1.69. The third-order valence-electron chi connectivity index (χ3n) is 13.3. The topological polar surface area (TPSA) is 408 Å². The van der Waals surface area contributed by atoms with E-state index in [0.717, 1.165) is 15.8 Å². The van der Waals surface area contributed by atoms with Gasteiger partial charge in [0.1, 0.15) is 30.0 Å². The van der Waals surface area contributed by atoms with E-state index in [2.05, 4.69) is 41.6 Å². The number of nitrogens with two attached hydrogens (primary N) is 5. The second-order valence-corrected chi connectivity index (χ2v) is 19.2. The Balaban J connectivity index is 1.53. The van der Waals surface area contributed by atoms with Crippen LogP contribution in [0.5, 0.6) is 0 Å². The molecule has 2 fully saturated rings. The number of aromatic amines is 1. The van der Waals surface area contributed by atoms with Crippen LogP contribution in [0, 0.1) is 11.8 Å². The maximum atomic E-state index is 14.8. The van der Waals surface area contributed by atoms with Crippen LogP contribution in [-0.2, 0) is 56.0 Å². The third-order valence-corrected chi connectivity index (χ3v) is 13.3. The summed E-state index contributed by atoms with van der Waals surface area (Å²) in [6, 6.07) is 9.77. The molecule has 1 aromatic heterocycles. The molecule has 8 atom stereocenters. The molecular formula is C51H72N14O10. The average molecular weight is 1040 g/mol. The number of aliphatic imine (C=N–C) groups is 2. The highest BCUT2D eigenvalue weighted by atomic mass is 16.3. The van der Waals surface area contributed by atoms with E-state index >= 15 is 0 Å². The molecule has 2 aliphatic rings. The van der Waals surface area contributed by atoms with Crippen molar-refractivity contribution in [3.8, 4) is 0 Å². The number of fused-ring (bicyclic) bond motifs is 2. The summed E-state index contributed by atoms with van der Waals surface area (Å²) in [5.41, 5.74) is 30.0. The molecule has 7 amide bonds. The minimum atomic E-state index is -1.39. The summed E-state index contributed by atoms with van der Waals surface area (Å²) >= 11 is 0. The van der Waals surface area contributed by atoms with Crippen molar-refractivity contribution in [2.45, 2.75) is 127 Å². The van der Waals surface area contributed by atoms with E-state index in [4.69, 9.17) is 28.7 Å². The van der Waals surface area contributed by atoms with Gasteiger partial charge in [-0.15, -0.1) is 0 Å². The molecular weight excluding hydrogens is 969 g/mol. The van der Waals surface area contributed by atoms with Crippen molar-refractivity contribution in [3.05, 3.63) is 71.9 Å². The van der Waals surface area contributed by atoms with Crippen molar-refractivity contribution in [1.29, 1.82) is 0 Å². The van der Waals surface area contributed by atoms with Crippen LogP contribution in [0.15, 0.2) is 70.8 Å². The fourth-order valence-electron chi connectivity index (χ4n) is 9.44. The Kier molecular flexibility index (Phi) is 22.1. The number of guanidine groups is 2. The normalized spacial score (nSPS) is 23.2. The van der Waals surface area contributed by atoms with Crippen LogP contribution in [-0.4, -0.2) is 142 Å². The molecule has 406 valence electrons. The van der Waals surface area contributed by atoms with Gasteiger partial charge in [0.25, 0.3) is 0 Å². The zero-order valence-electron chi connectivity index (χ0n) is 42.3. The lowest BCUT2D eigenvalue weighted by Gasteiger charge is -2.30. The van der Waals surface area contributed by atoms with Gasteiger partial charge in [-0.3, -0.25) is 53.1 Å². The predicted molar refractivity (Wildman–Crippen MR) is 278 cm³/mol. The van der Waals surface area contributed by atoms with Crippen molar-refractivity contribution in [1.82, 2.24) is 36.5 Å². The van der Waals surface area contributed by atoms with E-state index in [1.54, 1.807) is 36.5 Å². The lowest BCUT2D eigenvalue weighted by Crippen LogP contribution is -2.57. The van der Waals surface area contributed by atoms with Crippen LogP contribution >= 0.6 is 0 Å². The summed E-state index contributed by atoms with van der Waals surface area (Å²) in [7, 11) is 0. The molecule has 2 aromatic carbocycles. The van der Waals surface area contributed by atoms with E-state index in [0.29, 0.717) is 11.1 Å². The molecule has 3 aromatic rings. The molecule has 2 saturated heterocycles. The third kappa shape index (κ3) is 18.2. The van der Waals surface area contributed by atoms with Gasteiger partial charge in [-0.1, -0.05) is 48.5 Å². The summed E-state index contributed by atoms with van der Waals surface area (Å²) < 4.78 is 0. The number of benzene rings is 2. The van der Waals surface area contributed by atoms with E-state index in [9.17, 15) is 48.3 Å². The summed E-state index contributed by atoms with van der Waals surface area (Å²) in [5.74, 6) is -8.38. The van der Waals surface area contributed by atoms with Gasteiger partial charge in [-0.05, 0) is 75.0 Å². The second-order valence-electron chi connectivity index (χ2n) is 19.2. The highest BCUT2D eigenvalue weighted by Gasteiger charge is 2.43. The molecule has 24 nitrogen and oxygen atoms in total. The zero-order valence-corrected chi connectivity index (χ0v) is 42.3. The number of hydrogen-bond acceptors (Lipinski definition) is 12. The van der Waals surface area contributed by atoms with Crippen LogP contribution in [0.1, 0.15) is 88.7 Å². The number of hydrogen-bond donors (Lipinski definition) is 12. The number of aliphatic hydroxyl groups excluding tert-OH is 1. The number of carbonyl (C=O) groups excluding carboxylic acids is 9. The van der Waals surface area contributed by atoms with E-state index in [1.807, 2.05) is 24.3 Å². The van der Waals surface area contributed by atoms with Gasteiger partial charge in [0.2, 0.25) is 41.4 Å². The number of nitrogens with zero attached hydrogens (tertiary/aromatic N) is 3. The van der Waals surface area contributed by atoms with Crippen molar-refractivity contribution in [2.75, 3.05) is 26.2 Å². The first kappa shape index (κ1) is 58.0. The molecule has 5 rings (SSSR count). The number of H-pyrrole nitrogens is 1. The monoisotopic (exact) mass is 1040 g/mol. The number of primary amides is 1. The van der Waals surface area contributed by atoms with Gasteiger partial charge < -0.3 is 70.2 Å². The Morgan fingerprint density at radius 2 is 1.49 bits per heavy atom. The smallest absolute Gasteiger partial charge is 0.245 e. The number of carbonyl (C=O) groups is 9. The lowest BCUT2D eigenvalue weighted by molar-refractivity contribution is -0.142. The maximum Gasteiger partial charge on any atom is 0.245 e. The first-order chi connectivity index (χ1) is 35.8. The number of aromatic nitrogens is 1. The lowest BCUT2D eigenvalue weighted by atomic mass is 9.83. The molecule has 2 aliphatic heterocycles. The van der Waals surface area contributed by atoms with Gasteiger partial charge in [0, 0.05) is 87.7 Å². The fourth-order valence-corrected chi connectivity index (χ4v) is 9.44. The number of nitrogens with one attached hydrogen (secondary N) is 6. The molecule has 17 N–H and O–H groups in total. The van der Waals surface area contributed by atoms with Crippen molar-refractivity contribution >= 4 is 75.7 Å². The fraction of sp³-hybridized carbons (Fsp3) is 0.510. The average Bonchev–Trinajstić information content (AvgIpc) is 3.97. The Hall–Kier alpha value is -7.89. The van der Waals surface area contributed by atoms with E-state index in [-0.39, 0.29) is 115 Å². The van der Waals surface area contributed by atoms with Crippen LogP contribution < -0.4 is 55.3 Å². The number of amides is 7. The van der Waals surface area contributed by atoms with Crippen molar-refractivity contribution in [3.63, 3.8) is 0 Å².